The van der Waals surface area contributed by atoms with Gasteiger partial charge in [-0.25, -0.2) is 8.42 Å². The van der Waals surface area contributed by atoms with Gasteiger partial charge in [0, 0.05) is 11.7 Å². The molecule has 1 aliphatic carbocycles. The van der Waals surface area contributed by atoms with Crippen molar-refractivity contribution in [1.82, 2.24) is 0 Å². The highest BCUT2D eigenvalue weighted by atomic mass is 32.2. The maximum Gasteiger partial charge on any atom is 0.153 e. The van der Waals surface area contributed by atoms with Crippen molar-refractivity contribution in [2.24, 2.45) is 11.7 Å². The van der Waals surface area contributed by atoms with Gasteiger partial charge in [0.15, 0.2) is 9.84 Å². The number of hydrogen-bond donors (Lipinski definition) is 1. The van der Waals surface area contributed by atoms with Gasteiger partial charge in [0.05, 0.1) is 5.25 Å². The molecule has 1 fully saturated rings. The molecule has 1 aliphatic rings. The highest BCUT2D eigenvalue weighted by Gasteiger charge is 2.56. The summed E-state index contributed by atoms with van der Waals surface area (Å²) in [5, 5.41) is -0.264. The van der Waals surface area contributed by atoms with Crippen LogP contribution in [0.3, 0.4) is 0 Å². The van der Waals surface area contributed by atoms with Crippen molar-refractivity contribution in [3.8, 4) is 0 Å². The SMILES string of the molecule is CCc1ccc([C@@H]2[C@H](CN)[C@@H]2S(=O)(=O)CC)cc1. The fraction of sp³-hybridized carbons (Fsp3) is 0.571. The molecular weight excluding hydrogens is 246 g/mol. The van der Waals surface area contributed by atoms with E-state index in [1.54, 1.807) is 6.92 Å². The summed E-state index contributed by atoms with van der Waals surface area (Å²) < 4.78 is 24.0. The summed E-state index contributed by atoms with van der Waals surface area (Å²) in [6, 6.07) is 8.27. The Kier molecular flexibility index (Phi) is 3.78. The van der Waals surface area contributed by atoms with E-state index in [1.807, 2.05) is 0 Å². The van der Waals surface area contributed by atoms with E-state index in [1.165, 1.54) is 5.56 Å². The topological polar surface area (TPSA) is 60.2 Å². The largest absolute Gasteiger partial charge is 0.330 e. The van der Waals surface area contributed by atoms with Crippen LogP contribution in [0.4, 0.5) is 0 Å². The van der Waals surface area contributed by atoms with Gasteiger partial charge in [0.1, 0.15) is 0 Å². The number of benzene rings is 1. The lowest BCUT2D eigenvalue weighted by Crippen LogP contribution is -2.15. The predicted octanol–water partition coefficient (Wildman–Crippen LogP) is 1.72. The minimum Gasteiger partial charge on any atom is -0.330 e. The van der Waals surface area contributed by atoms with E-state index in [9.17, 15) is 8.42 Å². The van der Waals surface area contributed by atoms with E-state index >= 15 is 0 Å². The summed E-state index contributed by atoms with van der Waals surface area (Å²) in [5.41, 5.74) is 8.09. The van der Waals surface area contributed by atoms with Gasteiger partial charge in [-0.3, -0.25) is 0 Å². The Balaban J connectivity index is 2.23. The lowest BCUT2D eigenvalue weighted by atomic mass is 10.1. The molecule has 0 saturated heterocycles. The van der Waals surface area contributed by atoms with Gasteiger partial charge in [-0.1, -0.05) is 38.1 Å². The molecule has 0 spiro atoms. The van der Waals surface area contributed by atoms with Crippen molar-refractivity contribution >= 4 is 9.84 Å². The van der Waals surface area contributed by atoms with Crippen molar-refractivity contribution in [2.75, 3.05) is 12.3 Å². The number of sulfone groups is 1. The first-order chi connectivity index (χ1) is 8.55. The van der Waals surface area contributed by atoms with Crippen LogP contribution in [0.1, 0.15) is 30.9 Å². The molecule has 0 aliphatic heterocycles. The standard InChI is InChI=1S/C14H21NO2S/c1-3-10-5-7-11(8-6-10)13-12(9-15)14(13)18(16,17)4-2/h5-8,12-14H,3-4,9,15H2,1-2H3/t12-,13+,14-/m0/s1. The summed E-state index contributed by atoms with van der Waals surface area (Å²) in [6.45, 7) is 4.27. The number of rotatable bonds is 5. The van der Waals surface area contributed by atoms with Crippen LogP contribution in [-0.4, -0.2) is 26.0 Å². The lowest BCUT2D eigenvalue weighted by molar-refractivity contribution is 0.593. The second-order valence-corrected chi connectivity index (χ2v) is 7.38. The minimum atomic E-state index is -2.98. The smallest absolute Gasteiger partial charge is 0.153 e. The molecule has 0 aromatic heterocycles. The van der Waals surface area contributed by atoms with Crippen LogP contribution in [0.5, 0.6) is 0 Å². The number of hydrogen-bond acceptors (Lipinski definition) is 3. The quantitative estimate of drug-likeness (QED) is 0.883. The fourth-order valence-electron chi connectivity index (χ4n) is 2.72. The molecule has 1 saturated carbocycles. The molecule has 1 aromatic rings. The zero-order valence-electron chi connectivity index (χ0n) is 11.0. The molecule has 18 heavy (non-hydrogen) atoms. The van der Waals surface area contributed by atoms with Crippen LogP contribution < -0.4 is 5.73 Å². The maximum atomic E-state index is 12.0. The first-order valence-corrected chi connectivity index (χ1v) is 8.27. The molecule has 2 N–H and O–H groups in total. The van der Waals surface area contributed by atoms with Crippen LogP contribution in [-0.2, 0) is 16.3 Å². The van der Waals surface area contributed by atoms with E-state index in [0.717, 1.165) is 12.0 Å². The summed E-state index contributed by atoms with van der Waals surface area (Å²) in [4.78, 5) is 0. The van der Waals surface area contributed by atoms with Gasteiger partial charge >= 0.3 is 0 Å². The second kappa shape index (κ2) is 5.02. The van der Waals surface area contributed by atoms with E-state index in [0.29, 0.717) is 6.54 Å². The van der Waals surface area contributed by atoms with Gasteiger partial charge in [0.25, 0.3) is 0 Å². The molecule has 3 nitrogen and oxygen atoms in total. The average Bonchev–Trinajstić information content (AvgIpc) is 3.14. The third-order valence-electron chi connectivity index (χ3n) is 3.96. The van der Waals surface area contributed by atoms with Crippen molar-refractivity contribution in [2.45, 2.75) is 31.4 Å². The zero-order valence-corrected chi connectivity index (χ0v) is 11.8. The van der Waals surface area contributed by atoms with Crippen molar-refractivity contribution in [1.29, 1.82) is 0 Å². The van der Waals surface area contributed by atoms with Crippen LogP contribution in [0.2, 0.25) is 0 Å². The highest BCUT2D eigenvalue weighted by molar-refractivity contribution is 7.92. The zero-order chi connectivity index (χ0) is 13.3. The Hall–Kier alpha value is -0.870. The molecule has 0 radical (unpaired) electrons. The van der Waals surface area contributed by atoms with Gasteiger partial charge in [-0.05, 0) is 30.0 Å². The third kappa shape index (κ3) is 2.31. The van der Waals surface area contributed by atoms with E-state index in [2.05, 4.69) is 31.2 Å². The monoisotopic (exact) mass is 267 g/mol. The Bertz CT molecular complexity index is 507. The molecule has 0 amide bonds. The van der Waals surface area contributed by atoms with Gasteiger partial charge in [-0.15, -0.1) is 0 Å². The van der Waals surface area contributed by atoms with Crippen molar-refractivity contribution < 1.29 is 8.42 Å². The van der Waals surface area contributed by atoms with Crippen LogP contribution in [0, 0.1) is 5.92 Å². The van der Waals surface area contributed by atoms with Crippen LogP contribution in [0.15, 0.2) is 24.3 Å². The molecule has 2 rings (SSSR count). The summed E-state index contributed by atoms with van der Waals surface area (Å²) >= 11 is 0. The molecule has 0 bridgehead atoms. The van der Waals surface area contributed by atoms with E-state index in [-0.39, 0.29) is 22.8 Å². The summed E-state index contributed by atoms with van der Waals surface area (Å²) in [5.74, 6) is 0.408. The van der Waals surface area contributed by atoms with Gasteiger partial charge in [0.2, 0.25) is 0 Å². The molecule has 0 unspecified atom stereocenters. The molecule has 1 aromatic carbocycles. The second-order valence-electron chi connectivity index (χ2n) is 4.94. The van der Waals surface area contributed by atoms with E-state index < -0.39 is 9.84 Å². The molecule has 0 heterocycles. The normalized spacial score (nSPS) is 27.2. The van der Waals surface area contributed by atoms with Crippen LogP contribution >= 0.6 is 0 Å². The Morgan fingerprint density at radius 3 is 2.22 bits per heavy atom. The maximum absolute atomic E-state index is 12.0. The average molecular weight is 267 g/mol. The van der Waals surface area contributed by atoms with Crippen molar-refractivity contribution in [3.63, 3.8) is 0 Å². The molecule has 100 valence electrons. The number of aryl methyl sites for hydroxylation is 1. The summed E-state index contributed by atoms with van der Waals surface area (Å²) in [7, 11) is -2.98. The lowest BCUT2D eigenvalue weighted by Gasteiger charge is -2.02. The Morgan fingerprint density at radius 2 is 1.78 bits per heavy atom. The summed E-state index contributed by atoms with van der Waals surface area (Å²) in [6.07, 6.45) is 1.00. The highest BCUT2D eigenvalue weighted by Crippen LogP contribution is 2.51. The third-order valence-corrected chi connectivity index (χ3v) is 6.24. The molecule has 4 heteroatoms. The Morgan fingerprint density at radius 1 is 1.17 bits per heavy atom. The van der Waals surface area contributed by atoms with Gasteiger partial charge < -0.3 is 5.73 Å². The predicted molar refractivity (Wildman–Crippen MR) is 74.4 cm³/mol. The fourth-order valence-corrected chi connectivity index (χ4v) is 4.63. The first-order valence-electron chi connectivity index (χ1n) is 6.55. The molecular formula is C14H21NO2S. The van der Waals surface area contributed by atoms with Crippen molar-refractivity contribution in [3.05, 3.63) is 35.4 Å². The Labute approximate surface area is 109 Å². The van der Waals surface area contributed by atoms with Gasteiger partial charge in [-0.2, -0.15) is 0 Å². The minimum absolute atomic E-state index is 0.0995. The van der Waals surface area contributed by atoms with E-state index in [4.69, 9.17) is 5.73 Å². The first kappa shape index (κ1) is 13.6. The molecule has 3 atom stereocenters. The number of nitrogens with two attached hydrogens (primary N) is 1. The van der Waals surface area contributed by atoms with Crippen LogP contribution in [0.25, 0.3) is 0 Å².